The fourth-order valence-electron chi connectivity index (χ4n) is 12.7. The molecule has 0 amide bonds. The van der Waals surface area contributed by atoms with Crippen LogP contribution in [-0.4, -0.2) is 0 Å². The van der Waals surface area contributed by atoms with E-state index in [1.807, 2.05) is 0 Å². The molecule has 4 fully saturated rings. The summed E-state index contributed by atoms with van der Waals surface area (Å²) in [4.78, 5) is 5.02. The monoisotopic (exact) mass is 702 g/mol. The van der Waals surface area contributed by atoms with Gasteiger partial charge in [0.15, 0.2) is 0 Å². The number of anilines is 6. The van der Waals surface area contributed by atoms with Gasteiger partial charge < -0.3 is 9.80 Å². The van der Waals surface area contributed by atoms with Gasteiger partial charge in [-0.15, -0.1) is 0 Å². The molecule has 2 nitrogen and oxygen atoms in total. The van der Waals surface area contributed by atoms with Crippen molar-refractivity contribution in [1.82, 2.24) is 0 Å². The van der Waals surface area contributed by atoms with E-state index in [0.717, 1.165) is 11.8 Å². The summed E-state index contributed by atoms with van der Waals surface area (Å²) in [5.41, 5.74) is 16.1. The van der Waals surface area contributed by atoms with Crippen LogP contribution in [0.3, 0.4) is 0 Å². The van der Waals surface area contributed by atoms with Crippen LogP contribution in [0.25, 0.3) is 0 Å². The highest BCUT2D eigenvalue weighted by Gasteiger charge is 2.58. The third-order valence-corrected chi connectivity index (χ3v) is 14.9. The quantitative estimate of drug-likeness (QED) is 0.180. The van der Waals surface area contributed by atoms with E-state index in [9.17, 15) is 0 Å². The van der Waals surface area contributed by atoms with Crippen LogP contribution in [0.15, 0.2) is 146 Å². The molecule has 4 saturated carbocycles. The van der Waals surface area contributed by atoms with E-state index in [1.165, 1.54) is 99.6 Å². The van der Waals surface area contributed by atoms with Crippen molar-refractivity contribution in [2.24, 2.45) is 23.7 Å². The highest BCUT2D eigenvalue weighted by molar-refractivity contribution is 5.87. The number of hydrogen-bond donors (Lipinski definition) is 0. The lowest BCUT2D eigenvalue weighted by Crippen LogP contribution is -2.56. The van der Waals surface area contributed by atoms with Gasteiger partial charge in [-0.05, 0) is 138 Å². The summed E-state index contributed by atoms with van der Waals surface area (Å²) >= 11 is 0. The summed E-state index contributed by atoms with van der Waals surface area (Å²) in [5.74, 6) is 3.15. The van der Waals surface area contributed by atoms with E-state index < -0.39 is 0 Å². The minimum Gasteiger partial charge on any atom is -0.310 e. The van der Waals surface area contributed by atoms with Gasteiger partial charge in [-0.1, -0.05) is 125 Å². The highest BCUT2D eigenvalue weighted by atomic mass is 15.2. The molecular weight excluding hydrogens is 653 g/mol. The number of para-hydroxylation sites is 4. The van der Waals surface area contributed by atoms with Crippen molar-refractivity contribution in [1.29, 1.82) is 0 Å². The van der Waals surface area contributed by atoms with Crippen LogP contribution >= 0.6 is 0 Å². The summed E-state index contributed by atoms with van der Waals surface area (Å²) < 4.78 is 0. The fraction of sp³-hybridized carbons (Fsp3) is 0.308. The van der Waals surface area contributed by atoms with Crippen LogP contribution in [0.5, 0.6) is 0 Å². The van der Waals surface area contributed by atoms with Gasteiger partial charge in [0, 0.05) is 27.6 Å². The van der Waals surface area contributed by atoms with Crippen molar-refractivity contribution in [3.63, 3.8) is 0 Å². The molecule has 54 heavy (non-hydrogen) atoms. The van der Waals surface area contributed by atoms with Crippen LogP contribution in [0.1, 0.15) is 93.2 Å². The minimum atomic E-state index is -0.0607. The van der Waals surface area contributed by atoms with Gasteiger partial charge in [-0.25, -0.2) is 0 Å². The summed E-state index contributed by atoms with van der Waals surface area (Å²) in [6, 6.07) is 55.9. The van der Waals surface area contributed by atoms with E-state index in [-0.39, 0.29) is 16.2 Å². The number of benzene rings is 6. The zero-order valence-electron chi connectivity index (χ0n) is 32.1. The Morgan fingerprint density at radius 1 is 0.370 bits per heavy atom. The molecule has 0 spiro atoms. The van der Waals surface area contributed by atoms with Crippen molar-refractivity contribution in [2.75, 3.05) is 9.80 Å². The number of rotatable bonds is 4. The molecule has 12 rings (SSSR count). The van der Waals surface area contributed by atoms with E-state index >= 15 is 0 Å². The minimum absolute atomic E-state index is 0.0316. The van der Waals surface area contributed by atoms with Crippen molar-refractivity contribution < 1.29 is 0 Å². The molecule has 0 unspecified atom stereocenters. The maximum Gasteiger partial charge on any atom is 0.0502 e. The Bertz CT molecular complexity index is 2140. The molecule has 6 aromatic rings. The first-order chi connectivity index (χ1) is 26.3. The first-order valence-corrected chi connectivity index (χ1v) is 20.5. The molecule has 268 valence electrons. The van der Waals surface area contributed by atoms with Gasteiger partial charge in [0.25, 0.3) is 0 Å². The molecular formula is C52H50N2. The average molecular weight is 703 g/mol. The normalized spacial score (nSPS) is 24.7. The summed E-state index contributed by atoms with van der Waals surface area (Å²) in [7, 11) is 0. The van der Waals surface area contributed by atoms with Gasteiger partial charge in [0.2, 0.25) is 0 Å². The van der Waals surface area contributed by atoms with E-state index in [4.69, 9.17) is 0 Å². The molecule has 4 aliphatic carbocycles. The summed E-state index contributed by atoms with van der Waals surface area (Å²) in [5, 5.41) is 0. The van der Waals surface area contributed by atoms with Gasteiger partial charge >= 0.3 is 0 Å². The second-order valence-corrected chi connectivity index (χ2v) is 18.3. The zero-order chi connectivity index (χ0) is 36.4. The average Bonchev–Trinajstić information content (AvgIpc) is 3.19. The van der Waals surface area contributed by atoms with Crippen molar-refractivity contribution in [3.05, 3.63) is 179 Å². The SMILES string of the molecule is CC1(C)c2ccccc2N(c2ccc(C3(c4ccc(N5c6ccccc6C(C)(C)c6ccccc65)cc4)C4CC5CC(C4)CC3C5)cc2)c2ccccc21. The number of nitrogens with zero attached hydrogens (tertiary/aromatic N) is 2. The Labute approximate surface area is 321 Å². The molecule has 0 saturated heterocycles. The summed E-state index contributed by atoms with van der Waals surface area (Å²) in [6.07, 6.45) is 6.90. The van der Waals surface area contributed by atoms with Crippen molar-refractivity contribution in [3.8, 4) is 0 Å². The van der Waals surface area contributed by atoms with Crippen LogP contribution < -0.4 is 9.80 Å². The second-order valence-electron chi connectivity index (χ2n) is 18.3. The maximum atomic E-state index is 2.52. The standard InChI is InChI=1S/C52H50N2/c1-50(2)42-13-5-9-17-46(42)53(47-18-10-6-14-43(47)50)40-25-21-36(22-26-40)52(38-30-34-29-35(32-38)33-39(52)31-34)37-23-27-41(28-24-37)54-48-19-11-7-15-44(48)51(3,4)45-16-8-12-20-49(45)54/h5-28,34-35,38-39H,29-33H2,1-4H3. The lowest BCUT2D eigenvalue weighted by atomic mass is 9.42. The predicted octanol–water partition coefficient (Wildman–Crippen LogP) is 13.6. The zero-order valence-corrected chi connectivity index (χ0v) is 32.1. The van der Waals surface area contributed by atoms with Crippen LogP contribution in [0, 0.1) is 23.7 Å². The topological polar surface area (TPSA) is 6.48 Å². The van der Waals surface area contributed by atoms with E-state index in [0.29, 0.717) is 11.8 Å². The molecule has 2 heterocycles. The largest absolute Gasteiger partial charge is 0.310 e. The Balaban J connectivity index is 1.03. The molecule has 0 aromatic heterocycles. The lowest BCUT2D eigenvalue weighted by Gasteiger charge is -2.62. The first kappa shape index (κ1) is 32.4. The molecule has 0 atom stereocenters. The van der Waals surface area contributed by atoms with Crippen LogP contribution in [0.2, 0.25) is 0 Å². The maximum absolute atomic E-state index is 2.52. The van der Waals surface area contributed by atoms with Crippen molar-refractivity contribution in [2.45, 2.75) is 76.0 Å². The van der Waals surface area contributed by atoms with E-state index in [2.05, 4.69) is 183 Å². The predicted molar refractivity (Wildman–Crippen MR) is 224 cm³/mol. The fourth-order valence-corrected chi connectivity index (χ4v) is 12.7. The Morgan fingerprint density at radius 2 is 0.667 bits per heavy atom. The molecule has 2 heteroatoms. The summed E-state index contributed by atoms with van der Waals surface area (Å²) in [6.45, 7) is 9.48. The molecule has 6 aromatic carbocycles. The highest BCUT2D eigenvalue weighted by Crippen LogP contribution is 2.66. The second kappa shape index (κ2) is 11.5. The number of fused-ring (bicyclic) bond motifs is 4. The number of hydrogen-bond acceptors (Lipinski definition) is 2. The Kier molecular flexibility index (Phi) is 6.87. The van der Waals surface area contributed by atoms with Crippen molar-refractivity contribution >= 4 is 34.1 Å². The van der Waals surface area contributed by atoms with Gasteiger partial charge in [-0.2, -0.15) is 0 Å². The first-order valence-electron chi connectivity index (χ1n) is 20.5. The molecule has 6 aliphatic rings. The molecule has 0 N–H and O–H groups in total. The van der Waals surface area contributed by atoms with E-state index in [1.54, 1.807) is 0 Å². The third-order valence-electron chi connectivity index (χ3n) is 14.9. The van der Waals surface area contributed by atoms with Gasteiger partial charge in [0.05, 0.1) is 22.7 Å². The Hall–Kier alpha value is -5.08. The Morgan fingerprint density at radius 3 is 0.981 bits per heavy atom. The third kappa shape index (κ3) is 4.34. The molecule has 0 radical (unpaired) electrons. The smallest absolute Gasteiger partial charge is 0.0502 e. The van der Waals surface area contributed by atoms with Gasteiger partial charge in [0.1, 0.15) is 0 Å². The van der Waals surface area contributed by atoms with Crippen LogP contribution in [0.4, 0.5) is 34.1 Å². The lowest BCUT2D eigenvalue weighted by molar-refractivity contribution is -0.0418. The van der Waals surface area contributed by atoms with Crippen LogP contribution in [-0.2, 0) is 16.2 Å². The van der Waals surface area contributed by atoms with Gasteiger partial charge in [-0.3, -0.25) is 0 Å². The molecule has 4 bridgehead atoms. The molecule has 2 aliphatic heterocycles.